The molecule has 17 heavy (non-hydrogen) atoms. The van der Waals surface area contributed by atoms with Gasteiger partial charge in [0.25, 0.3) is 0 Å². The lowest BCUT2D eigenvalue weighted by molar-refractivity contribution is 0.377. The molecule has 2 aromatic rings. The second-order valence-corrected chi connectivity index (χ2v) is 3.74. The van der Waals surface area contributed by atoms with E-state index in [1.165, 1.54) is 6.20 Å². The summed E-state index contributed by atoms with van der Waals surface area (Å²) in [6, 6.07) is 0. The van der Waals surface area contributed by atoms with E-state index in [2.05, 4.69) is 25.4 Å². The van der Waals surface area contributed by atoms with Crippen molar-refractivity contribution in [2.75, 3.05) is 17.6 Å². The third-order valence-electron chi connectivity index (χ3n) is 1.96. The molecule has 0 aliphatic heterocycles. The number of hydrogen-bond acceptors (Lipinski definition) is 7. The molecule has 0 aliphatic rings. The highest BCUT2D eigenvalue weighted by Crippen LogP contribution is 2.17. The van der Waals surface area contributed by atoms with Gasteiger partial charge in [-0.2, -0.15) is 9.97 Å². The van der Waals surface area contributed by atoms with Crippen LogP contribution in [-0.4, -0.2) is 26.7 Å². The van der Waals surface area contributed by atoms with E-state index in [0.29, 0.717) is 35.5 Å². The Labute approximate surface area is 102 Å². The number of aryl methyl sites for hydroxylation is 1. The van der Waals surface area contributed by atoms with Crippen LogP contribution < -0.4 is 11.1 Å². The van der Waals surface area contributed by atoms with E-state index < -0.39 is 0 Å². The predicted octanol–water partition coefficient (Wildman–Crippen LogP) is 1.06. The van der Waals surface area contributed by atoms with Gasteiger partial charge in [-0.3, -0.25) is 0 Å². The highest BCUT2D eigenvalue weighted by molar-refractivity contribution is 6.32. The van der Waals surface area contributed by atoms with Gasteiger partial charge in [-0.1, -0.05) is 16.8 Å². The smallest absolute Gasteiger partial charge is 0.228 e. The van der Waals surface area contributed by atoms with Crippen molar-refractivity contribution in [2.45, 2.75) is 13.3 Å². The lowest BCUT2D eigenvalue weighted by Gasteiger charge is -2.05. The maximum absolute atomic E-state index is 5.89. The van der Waals surface area contributed by atoms with E-state index in [1.807, 2.05) is 0 Å². The van der Waals surface area contributed by atoms with Crippen molar-refractivity contribution in [2.24, 2.45) is 0 Å². The zero-order valence-electron chi connectivity index (χ0n) is 9.14. The molecule has 0 bridgehead atoms. The molecule has 2 heterocycles. The van der Waals surface area contributed by atoms with Crippen molar-refractivity contribution >= 4 is 23.4 Å². The second-order valence-electron chi connectivity index (χ2n) is 3.34. The molecule has 0 saturated carbocycles. The number of nitrogens with two attached hydrogens (primary N) is 1. The number of anilines is 2. The molecule has 3 N–H and O–H groups in total. The van der Waals surface area contributed by atoms with Crippen molar-refractivity contribution in [1.82, 2.24) is 20.1 Å². The fourth-order valence-electron chi connectivity index (χ4n) is 1.23. The zero-order valence-corrected chi connectivity index (χ0v) is 9.90. The lowest BCUT2D eigenvalue weighted by atomic mass is 10.4. The monoisotopic (exact) mass is 254 g/mol. The largest absolute Gasteiger partial charge is 0.368 e. The molecule has 0 fully saturated rings. The molecule has 0 radical (unpaired) electrons. The Kier molecular flexibility index (Phi) is 3.38. The molecule has 0 aliphatic carbocycles. The maximum Gasteiger partial charge on any atom is 0.228 e. The summed E-state index contributed by atoms with van der Waals surface area (Å²) < 4.78 is 4.96. The van der Waals surface area contributed by atoms with Gasteiger partial charge in [0.2, 0.25) is 11.8 Å². The predicted molar refractivity (Wildman–Crippen MR) is 62.7 cm³/mol. The Morgan fingerprint density at radius 2 is 2.29 bits per heavy atom. The summed E-state index contributed by atoms with van der Waals surface area (Å²) >= 11 is 5.89. The van der Waals surface area contributed by atoms with Gasteiger partial charge in [0, 0.05) is 13.0 Å². The highest BCUT2D eigenvalue weighted by Gasteiger charge is 2.05. The fourth-order valence-corrected chi connectivity index (χ4v) is 1.39. The molecule has 2 aromatic heterocycles. The first-order valence-electron chi connectivity index (χ1n) is 4.96. The molecule has 2 rings (SSSR count). The first-order chi connectivity index (χ1) is 8.15. The quantitative estimate of drug-likeness (QED) is 0.841. The first-order valence-corrected chi connectivity index (χ1v) is 5.34. The number of halogens is 1. The van der Waals surface area contributed by atoms with Crippen molar-refractivity contribution in [3.05, 3.63) is 22.9 Å². The minimum atomic E-state index is 0.172. The lowest BCUT2D eigenvalue weighted by Crippen LogP contribution is -2.08. The van der Waals surface area contributed by atoms with Crippen molar-refractivity contribution in [3.63, 3.8) is 0 Å². The number of aromatic nitrogens is 4. The second kappa shape index (κ2) is 4.96. The van der Waals surface area contributed by atoms with Crippen LogP contribution in [0.4, 0.5) is 11.8 Å². The van der Waals surface area contributed by atoms with Crippen LogP contribution in [0.5, 0.6) is 0 Å². The molecular formula is C9H11ClN6O. The highest BCUT2D eigenvalue weighted by atomic mass is 35.5. The number of nitrogen functional groups attached to an aromatic ring is 1. The van der Waals surface area contributed by atoms with Gasteiger partial charge < -0.3 is 15.6 Å². The molecule has 0 atom stereocenters. The zero-order chi connectivity index (χ0) is 12.3. The van der Waals surface area contributed by atoms with Gasteiger partial charge in [0.1, 0.15) is 10.8 Å². The summed E-state index contributed by atoms with van der Waals surface area (Å²) in [4.78, 5) is 11.8. The Hall–Kier alpha value is -1.89. The van der Waals surface area contributed by atoms with Gasteiger partial charge >= 0.3 is 0 Å². The minimum absolute atomic E-state index is 0.172. The number of nitrogens with one attached hydrogen (secondary N) is 1. The minimum Gasteiger partial charge on any atom is -0.368 e. The van der Waals surface area contributed by atoms with E-state index in [1.54, 1.807) is 6.92 Å². The van der Waals surface area contributed by atoms with Gasteiger partial charge in [0.15, 0.2) is 5.82 Å². The normalized spacial score (nSPS) is 10.5. The molecule has 0 saturated heterocycles. The summed E-state index contributed by atoms with van der Waals surface area (Å²) in [7, 11) is 0. The van der Waals surface area contributed by atoms with E-state index in [-0.39, 0.29) is 5.95 Å². The van der Waals surface area contributed by atoms with Crippen LogP contribution in [0.2, 0.25) is 5.02 Å². The summed E-state index contributed by atoms with van der Waals surface area (Å²) in [6.07, 6.45) is 2.03. The van der Waals surface area contributed by atoms with Crippen molar-refractivity contribution in [3.8, 4) is 0 Å². The van der Waals surface area contributed by atoms with Crippen molar-refractivity contribution < 1.29 is 4.52 Å². The summed E-state index contributed by atoms with van der Waals surface area (Å²) in [5.74, 6) is 1.85. The Balaban J connectivity index is 1.91. The third kappa shape index (κ3) is 3.04. The molecule has 0 unspecified atom stereocenters. The van der Waals surface area contributed by atoms with E-state index in [4.69, 9.17) is 21.9 Å². The van der Waals surface area contributed by atoms with E-state index in [9.17, 15) is 0 Å². The van der Waals surface area contributed by atoms with Crippen LogP contribution in [0, 0.1) is 6.92 Å². The summed E-state index contributed by atoms with van der Waals surface area (Å²) in [5, 5.41) is 7.13. The number of nitrogens with zero attached hydrogens (tertiary/aromatic N) is 4. The Bertz CT molecular complexity index is 514. The first kappa shape index (κ1) is 11.6. The van der Waals surface area contributed by atoms with Crippen LogP contribution in [0.1, 0.15) is 11.7 Å². The van der Waals surface area contributed by atoms with Crippen LogP contribution in [-0.2, 0) is 6.42 Å². The Morgan fingerprint density at radius 1 is 1.47 bits per heavy atom. The number of rotatable bonds is 4. The van der Waals surface area contributed by atoms with Gasteiger partial charge in [-0.15, -0.1) is 0 Å². The molecule has 7 nitrogen and oxygen atoms in total. The average molecular weight is 255 g/mol. The van der Waals surface area contributed by atoms with E-state index >= 15 is 0 Å². The average Bonchev–Trinajstić information content (AvgIpc) is 2.69. The maximum atomic E-state index is 5.89. The van der Waals surface area contributed by atoms with Gasteiger partial charge in [-0.25, -0.2) is 4.98 Å². The van der Waals surface area contributed by atoms with Crippen molar-refractivity contribution in [1.29, 1.82) is 0 Å². The van der Waals surface area contributed by atoms with Crippen LogP contribution >= 0.6 is 11.6 Å². The molecule has 0 aromatic carbocycles. The molecule has 0 spiro atoms. The number of hydrogen-bond donors (Lipinski definition) is 2. The Morgan fingerprint density at radius 3 is 3.00 bits per heavy atom. The molecule has 8 heteroatoms. The standard InChI is InChI=1S/C9H11ClN6O/c1-5-14-7(17-16-5)2-3-12-8-6(10)4-13-9(11)15-8/h4H,2-3H2,1H3,(H3,11,12,13,15). The summed E-state index contributed by atoms with van der Waals surface area (Å²) in [5.41, 5.74) is 5.45. The molecular weight excluding hydrogens is 244 g/mol. The van der Waals surface area contributed by atoms with Gasteiger partial charge in [0.05, 0.1) is 6.20 Å². The SMILES string of the molecule is Cc1noc(CCNc2nc(N)ncc2Cl)n1. The topological polar surface area (TPSA) is 103 Å². The third-order valence-corrected chi connectivity index (χ3v) is 2.24. The van der Waals surface area contributed by atoms with Gasteiger partial charge in [-0.05, 0) is 6.92 Å². The molecule has 90 valence electrons. The summed E-state index contributed by atoms with van der Waals surface area (Å²) in [6.45, 7) is 2.33. The van der Waals surface area contributed by atoms with Crippen LogP contribution in [0.3, 0.4) is 0 Å². The van der Waals surface area contributed by atoms with Crippen LogP contribution in [0.25, 0.3) is 0 Å². The van der Waals surface area contributed by atoms with Crippen LogP contribution in [0.15, 0.2) is 10.7 Å². The van der Waals surface area contributed by atoms with E-state index in [0.717, 1.165) is 0 Å². The fraction of sp³-hybridized carbons (Fsp3) is 0.333. The molecule has 0 amide bonds.